The molecule has 0 saturated carbocycles. The second-order valence-corrected chi connectivity index (χ2v) is 6.28. The zero-order valence-corrected chi connectivity index (χ0v) is 14.3. The molecule has 1 atom stereocenters. The molecule has 0 unspecified atom stereocenters. The van der Waals surface area contributed by atoms with E-state index in [0.717, 1.165) is 27.9 Å². The normalized spacial score (nSPS) is 17.8. The molecule has 6 heteroatoms. The van der Waals surface area contributed by atoms with Gasteiger partial charge in [-0.2, -0.15) is 0 Å². The lowest BCUT2D eigenvalue weighted by molar-refractivity contribution is -0.0248. The molecule has 128 valence electrons. The molecule has 0 aliphatic carbocycles. The number of morpholine rings is 1. The van der Waals surface area contributed by atoms with Crippen molar-refractivity contribution in [3.05, 3.63) is 59.8 Å². The molecule has 1 aromatic carbocycles. The van der Waals surface area contributed by atoms with Crippen molar-refractivity contribution in [3.63, 3.8) is 0 Å². The van der Waals surface area contributed by atoms with Crippen LogP contribution in [-0.2, 0) is 11.8 Å². The minimum Gasteiger partial charge on any atom is -0.368 e. The summed E-state index contributed by atoms with van der Waals surface area (Å²) in [5, 5.41) is 0.995. The van der Waals surface area contributed by atoms with E-state index in [-0.39, 0.29) is 12.0 Å². The minimum absolute atomic E-state index is 0.0477. The predicted molar refractivity (Wildman–Crippen MR) is 94.3 cm³/mol. The summed E-state index contributed by atoms with van der Waals surface area (Å²) in [5.74, 6) is 0.0477. The molecule has 3 aromatic rings. The van der Waals surface area contributed by atoms with Gasteiger partial charge in [-0.3, -0.25) is 14.8 Å². The summed E-state index contributed by atoms with van der Waals surface area (Å²) in [4.78, 5) is 23.5. The topological polar surface area (TPSA) is 60.3 Å². The number of rotatable bonds is 2. The van der Waals surface area contributed by atoms with Crippen molar-refractivity contribution < 1.29 is 9.53 Å². The molecule has 1 aliphatic heterocycles. The van der Waals surface area contributed by atoms with Crippen LogP contribution < -0.4 is 0 Å². The second-order valence-electron chi connectivity index (χ2n) is 6.28. The number of hydrogen-bond donors (Lipinski definition) is 0. The van der Waals surface area contributed by atoms with E-state index >= 15 is 0 Å². The van der Waals surface area contributed by atoms with Crippen molar-refractivity contribution in [1.29, 1.82) is 0 Å². The lowest BCUT2D eigenvalue weighted by atomic mass is 10.1. The number of carbonyl (C=O) groups excluding carboxylic acids is 1. The third-order valence-corrected chi connectivity index (χ3v) is 4.88. The SMILES string of the molecule is Cc1c(C(=O)N2CCO[C@@H](c3cnccn3)C2)c2ccccc2n1C. The van der Waals surface area contributed by atoms with Crippen molar-refractivity contribution in [2.45, 2.75) is 13.0 Å². The van der Waals surface area contributed by atoms with Crippen molar-refractivity contribution in [2.24, 2.45) is 7.05 Å². The van der Waals surface area contributed by atoms with E-state index in [9.17, 15) is 4.79 Å². The molecular formula is C19H20N4O2. The van der Waals surface area contributed by atoms with Gasteiger partial charge in [0.25, 0.3) is 5.91 Å². The highest BCUT2D eigenvalue weighted by Crippen LogP contribution is 2.28. The molecule has 0 bridgehead atoms. The van der Waals surface area contributed by atoms with E-state index < -0.39 is 0 Å². The van der Waals surface area contributed by atoms with Crippen LogP contribution in [0.25, 0.3) is 10.9 Å². The maximum absolute atomic E-state index is 13.2. The molecule has 0 spiro atoms. The second kappa shape index (κ2) is 6.29. The predicted octanol–water partition coefficient (Wildman–Crippen LogP) is 2.49. The Hall–Kier alpha value is -2.73. The fourth-order valence-electron chi connectivity index (χ4n) is 3.44. The van der Waals surface area contributed by atoms with Crippen LogP contribution in [0.3, 0.4) is 0 Å². The van der Waals surface area contributed by atoms with Gasteiger partial charge in [0.15, 0.2) is 0 Å². The zero-order chi connectivity index (χ0) is 17.4. The van der Waals surface area contributed by atoms with Crippen molar-refractivity contribution in [3.8, 4) is 0 Å². The first-order valence-electron chi connectivity index (χ1n) is 8.37. The number of aromatic nitrogens is 3. The van der Waals surface area contributed by atoms with Gasteiger partial charge in [0, 0.05) is 42.6 Å². The van der Waals surface area contributed by atoms with Crippen LogP contribution >= 0.6 is 0 Å². The van der Waals surface area contributed by atoms with Crippen LogP contribution in [0.15, 0.2) is 42.9 Å². The molecule has 0 N–H and O–H groups in total. The molecule has 1 fully saturated rings. The number of benzene rings is 1. The number of hydrogen-bond acceptors (Lipinski definition) is 4. The standard InChI is InChI=1S/C19H20N4O2/c1-13-18(14-5-3-4-6-16(14)22(13)2)19(24)23-9-10-25-17(12-23)15-11-20-7-8-21-15/h3-8,11,17H,9-10,12H2,1-2H3/t17-/m1/s1. The third-order valence-electron chi connectivity index (χ3n) is 4.88. The summed E-state index contributed by atoms with van der Waals surface area (Å²) in [7, 11) is 2.00. The number of nitrogens with zero attached hydrogens (tertiary/aromatic N) is 4. The number of para-hydroxylation sites is 1. The lowest BCUT2D eigenvalue weighted by Gasteiger charge is -2.32. The minimum atomic E-state index is -0.235. The van der Waals surface area contributed by atoms with E-state index in [1.165, 1.54) is 0 Å². The third kappa shape index (κ3) is 2.68. The molecule has 1 saturated heterocycles. The summed E-state index contributed by atoms with van der Waals surface area (Å²) in [6.07, 6.45) is 4.74. The van der Waals surface area contributed by atoms with Crippen LogP contribution in [0.4, 0.5) is 0 Å². The van der Waals surface area contributed by atoms with Gasteiger partial charge < -0.3 is 14.2 Å². The van der Waals surface area contributed by atoms with Gasteiger partial charge in [-0.15, -0.1) is 0 Å². The first-order chi connectivity index (χ1) is 12.2. The van der Waals surface area contributed by atoms with Crippen LogP contribution in [0.2, 0.25) is 0 Å². The lowest BCUT2D eigenvalue weighted by Crippen LogP contribution is -2.42. The maximum Gasteiger partial charge on any atom is 0.256 e. The van der Waals surface area contributed by atoms with E-state index in [1.54, 1.807) is 18.6 Å². The Bertz CT molecular complexity index is 920. The van der Waals surface area contributed by atoms with Crippen LogP contribution in [0, 0.1) is 6.92 Å². The number of carbonyl (C=O) groups is 1. The number of amides is 1. The average molecular weight is 336 g/mol. The van der Waals surface area contributed by atoms with Gasteiger partial charge >= 0.3 is 0 Å². The average Bonchev–Trinajstić information content (AvgIpc) is 2.93. The number of ether oxygens (including phenoxy) is 1. The summed E-state index contributed by atoms with van der Waals surface area (Å²) in [6.45, 7) is 3.56. The molecule has 1 aliphatic rings. The van der Waals surface area contributed by atoms with Gasteiger partial charge in [0.2, 0.25) is 0 Å². The molecule has 6 nitrogen and oxygen atoms in total. The van der Waals surface area contributed by atoms with E-state index in [1.807, 2.05) is 43.1 Å². The Kier molecular flexibility index (Phi) is 3.97. The highest BCUT2D eigenvalue weighted by Gasteiger charge is 2.29. The van der Waals surface area contributed by atoms with E-state index in [4.69, 9.17) is 4.74 Å². The van der Waals surface area contributed by atoms with Crippen molar-refractivity contribution >= 4 is 16.8 Å². The van der Waals surface area contributed by atoms with Gasteiger partial charge in [-0.05, 0) is 13.0 Å². The molecular weight excluding hydrogens is 316 g/mol. The first-order valence-corrected chi connectivity index (χ1v) is 8.37. The Labute approximate surface area is 146 Å². The monoisotopic (exact) mass is 336 g/mol. The summed E-state index contributed by atoms with van der Waals surface area (Å²) < 4.78 is 7.87. The Morgan fingerprint density at radius 1 is 1.28 bits per heavy atom. The highest BCUT2D eigenvalue weighted by molar-refractivity contribution is 6.08. The van der Waals surface area contributed by atoms with Crippen LogP contribution in [0.5, 0.6) is 0 Å². The quantitative estimate of drug-likeness (QED) is 0.721. The molecule has 0 radical (unpaired) electrons. The Morgan fingerprint density at radius 2 is 2.12 bits per heavy atom. The van der Waals surface area contributed by atoms with Crippen molar-refractivity contribution in [1.82, 2.24) is 19.4 Å². The smallest absolute Gasteiger partial charge is 0.256 e. The summed E-state index contributed by atoms with van der Waals surface area (Å²) in [6, 6.07) is 8.02. The molecule has 25 heavy (non-hydrogen) atoms. The van der Waals surface area contributed by atoms with Crippen LogP contribution in [0.1, 0.15) is 27.8 Å². The largest absolute Gasteiger partial charge is 0.368 e. The molecule has 4 rings (SSSR count). The van der Waals surface area contributed by atoms with E-state index in [2.05, 4.69) is 14.5 Å². The fraction of sp³-hybridized carbons (Fsp3) is 0.316. The molecule has 2 aromatic heterocycles. The zero-order valence-electron chi connectivity index (χ0n) is 14.3. The van der Waals surface area contributed by atoms with Crippen LogP contribution in [-0.4, -0.2) is 45.0 Å². The summed E-state index contributed by atoms with van der Waals surface area (Å²) in [5.41, 5.74) is 3.59. The fourth-order valence-corrected chi connectivity index (χ4v) is 3.44. The number of aryl methyl sites for hydroxylation is 1. The highest BCUT2D eigenvalue weighted by atomic mass is 16.5. The Balaban J connectivity index is 1.66. The first kappa shape index (κ1) is 15.8. The van der Waals surface area contributed by atoms with E-state index in [0.29, 0.717) is 19.7 Å². The Morgan fingerprint density at radius 3 is 2.92 bits per heavy atom. The summed E-state index contributed by atoms with van der Waals surface area (Å²) >= 11 is 0. The molecule has 3 heterocycles. The number of fused-ring (bicyclic) bond motifs is 1. The van der Waals surface area contributed by atoms with Gasteiger partial charge in [-0.25, -0.2) is 0 Å². The molecule has 1 amide bonds. The van der Waals surface area contributed by atoms with Gasteiger partial charge in [0.1, 0.15) is 6.10 Å². The van der Waals surface area contributed by atoms with Gasteiger partial charge in [0.05, 0.1) is 30.6 Å². The maximum atomic E-state index is 13.2. The van der Waals surface area contributed by atoms with Gasteiger partial charge in [-0.1, -0.05) is 18.2 Å². The van der Waals surface area contributed by atoms with Crippen molar-refractivity contribution in [2.75, 3.05) is 19.7 Å².